The van der Waals surface area contributed by atoms with Crippen LogP contribution in [0.4, 0.5) is 0 Å². The van der Waals surface area contributed by atoms with E-state index in [0.717, 1.165) is 0 Å². The van der Waals surface area contributed by atoms with Crippen LogP contribution < -0.4 is 0 Å². The zero-order valence-electron chi connectivity index (χ0n) is 13.0. The van der Waals surface area contributed by atoms with E-state index in [1.165, 1.54) is 6.08 Å². The van der Waals surface area contributed by atoms with Crippen molar-refractivity contribution in [3.05, 3.63) is 35.8 Å². The first kappa shape index (κ1) is 18.8. The van der Waals surface area contributed by atoms with Crippen molar-refractivity contribution in [3.63, 3.8) is 0 Å². The van der Waals surface area contributed by atoms with Gasteiger partial charge in [0.2, 0.25) is 0 Å². The number of aliphatic hydroxyl groups excluding tert-OH is 5. The van der Waals surface area contributed by atoms with Crippen LogP contribution in [0.1, 0.15) is 17.9 Å². The minimum atomic E-state index is -1.49. The van der Waals surface area contributed by atoms with E-state index in [-0.39, 0.29) is 18.8 Å². The van der Waals surface area contributed by atoms with Crippen molar-refractivity contribution in [1.29, 1.82) is 0 Å². The summed E-state index contributed by atoms with van der Waals surface area (Å²) in [6, 6.07) is 3.33. The standard InChI is InChI=1S/C16H22O8/c17-7-11-5-4-10(23-11)3-1-2-9(19)6-12-14(20)16(22)15(21)13(8-18)24-12/h1-2,4-5,12-18,20-22H,3,6-8H2/b2-1+/t12-,13+,14-,15-,16+/m0/s1. The van der Waals surface area contributed by atoms with Crippen molar-refractivity contribution in [1.82, 2.24) is 0 Å². The smallest absolute Gasteiger partial charge is 0.158 e. The second-order valence-corrected chi connectivity index (χ2v) is 5.67. The molecule has 2 rings (SSSR count). The molecule has 134 valence electrons. The third kappa shape index (κ3) is 4.50. The minimum absolute atomic E-state index is 0.195. The molecule has 0 saturated carbocycles. The topological polar surface area (TPSA) is 141 Å². The first-order valence-electron chi connectivity index (χ1n) is 7.64. The van der Waals surface area contributed by atoms with Crippen LogP contribution in [0.25, 0.3) is 0 Å². The highest BCUT2D eigenvalue weighted by molar-refractivity contribution is 5.90. The molecule has 0 bridgehead atoms. The molecule has 8 nitrogen and oxygen atoms in total. The lowest BCUT2D eigenvalue weighted by molar-refractivity contribution is -0.229. The lowest BCUT2D eigenvalue weighted by Gasteiger charge is -2.39. The fourth-order valence-electron chi connectivity index (χ4n) is 2.54. The number of ketones is 1. The number of hydrogen-bond donors (Lipinski definition) is 5. The van der Waals surface area contributed by atoms with E-state index in [1.807, 2.05) is 0 Å². The zero-order chi connectivity index (χ0) is 17.7. The molecule has 24 heavy (non-hydrogen) atoms. The molecule has 0 aromatic carbocycles. The minimum Gasteiger partial charge on any atom is -0.463 e. The number of aliphatic hydroxyl groups is 5. The largest absolute Gasteiger partial charge is 0.463 e. The van der Waals surface area contributed by atoms with Gasteiger partial charge in [-0.3, -0.25) is 4.79 Å². The average Bonchev–Trinajstić information content (AvgIpc) is 3.03. The molecular weight excluding hydrogens is 320 g/mol. The van der Waals surface area contributed by atoms with Gasteiger partial charge in [0.25, 0.3) is 0 Å². The van der Waals surface area contributed by atoms with Gasteiger partial charge in [0.1, 0.15) is 42.5 Å². The molecule has 0 radical (unpaired) electrons. The van der Waals surface area contributed by atoms with Crippen molar-refractivity contribution in [2.45, 2.75) is 50.0 Å². The van der Waals surface area contributed by atoms with Crippen LogP contribution in [-0.2, 0) is 22.6 Å². The predicted octanol–water partition coefficient (Wildman–Crippen LogP) is -1.33. The van der Waals surface area contributed by atoms with Gasteiger partial charge in [0.15, 0.2) is 5.78 Å². The molecule has 8 heteroatoms. The number of rotatable bonds is 7. The fourth-order valence-corrected chi connectivity index (χ4v) is 2.54. The Balaban J connectivity index is 1.87. The molecule has 0 amide bonds. The van der Waals surface area contributed by atoms with Gasteiger partial charge in [0, 0.05) is 12.8 Å². The molecule has 2 heterocycles. The van der Waals surface area contributed by atoms with E-state index in [9.17, 15) is 20.1 Å². The van der Waals surface area contributed by atoms with E-state index < -0.39 is 37.1 Å². The maximum absolute atomic E-state index is 11.9. The summed E-state index contributed by atoms with van der Waals surface area (Å²) in [5, 5.41) is 47.2. The van der Waals surface area contributed by atoms with E-state index in [4.69, 9.17) is 19.4 Å². The fraction of sp³-hybridized carbons (Fsp3) is 0.562. The van der Waals surface area contributed by atoms with E-state index in [2.05, 4.69) is 0 Å². The highest BCUT2D eigenvalue weighted by Crippen LogP contribution is 2.23. The lowest BCUT2D eigenvalue weighted by Crippen LogP contribution is -2.58. The highest BCUT2D eigenvalue weighted by atomic mass is 16.5. The number of ether oxygens (including phenoxy) is 1. The van der Waals surface area contributed by atoms with Crippen molar-refractivity contribution < 1.29 is 39.5 Å². The molecule has 1 saturated heterocycles. The summed E-state index contributed by atoms with van der Waals surface area (Å²) in [7, 11) is 0. The Kier molecular flexibility index (Phi) is 6.67. The Morgan fingerprint density at radius 3 is 2.33 bits per heavy atom. The SMILES string of the molecule is O=C(/C=C/Cc1ccc(CO)o1)C[C@@H]1O[C@H](CO)[C@H](O)[C@H](O)[C@H]1O. The van der Waals surface area contributed by atoms with Crippen LogP contribution in [0.15, 0.2) is 28.7 Å². The summed E-state index contributed by atoms with van der Waals surface area (Å²) in [4.78, 5) is 11.9. The Labute approximate surface area is 138 Å². The Morgan fingerprint density at radius 2 is 1.71 bits per heavy atom. The number of carbonyl (C=O) groups excluding carboxylic acids is 1. The third-order valence-corrected chi connectivity index (χ3v) is 3.89. The van der Waals surface area contributed by atoms with Gasteiger partial charge in [-0.05, 0) is 18.2 Å². The van der Waals surface area contributed by atoms with E-state index in [1.54, 1.807) is 18.2 Å². The summed E-state index contributed by atoms with van der Waals surface area (Å²) < 4.78 is 10.5. The number of carbonyl (C=O) groups is 1. The quantitative estimate of drug-likeness (QED) is 0.384. The molecule has 0 spiro atoms. The van der Waals surface area contributed by atoms with Crippen LogP contribution in [0.5, 0.6) is 0 Å². The van der Waals surface area contributed by atoms with Crippen molar-refractivity contribution in [3.8, 4) is 0 Å². The van der Waals surface area contributed by atoms with Gasteiger partial charge >= 0.3 is 0 Å². The van der Waals surface area contributed by atoms with Crippen molar-refractivity contribution in [2.75, 3.05) is 6.61 Å². The molecule has 1 aliphatic rings. The Hall–Kier alpha value is -1.55. The lowest BCUT2D eigenvalue weighted by atomic mass is 9.92. The molecule has 1 aromatic rings. The predicted molar refractivity (Wildman–Crippen MR) is 80.9 cm³/mol. The van der Waals surface area contributed by atoms with Gasteiger partial charge in [-0.15, -0.1) is 0 Å². The summed E-state index contributed by atoms with van der Waals surface area (Å²) in [5.41, 5.74) is 0. The summed E-state index contributed by atoms with van der Waals surface area (Å²) in [5.74, 6) is 0.690. The number of furan rings is 1. The first-order chi connectivity index (χ1) is 11.5. The van der Waals surface area contributed by atoms with Crippen LogP contribution in [0.3, 0.4) is 0 Å². The summed E-state index contributed by atoms with van der Waals surface area (Å²) in [6.45, 7) is -0.725. The maximum Gasteiger partial charge on any atom is 0.158 e. The molecule has 0 unspecified atom stereocenters. The monoisotopic (exact) mass is 342 g/mol. The van der Waals surface area contributed by atoms with E-state index >= 15 is 0 Å². The van der Waals surface area contributed by atoms with Crippen LogP contribution in [0, 0.1) is 0 Å². The van der Waals surface area contributed by atoms with Gasteiger partial charge in [-0.1, -0.05) is 6.08 Å². The summed E-state index contributed by atoms with van der Waals surface area (Å²) >= 11 is 0. The van der Waals surface area contributed by atoms with Crippen molar-refractivity contribution >= 4 is 5.78 Å². The van der Waals surface area contributed by atoms with Gasteiger partial charge in [-0.2, -0.15) is 0 Å². The number of allylic oxidation sites excluding steroid dienone is 2. The number of hydrogen-bond acceptors (Lipinski definition) is 8. The molecule has 1 fully saturated rings. The molecular formula is C16H22O8. The Bertz CT molecular complexity index is 564. The third-order valence-electron chi connectivity index (χ3n) is 3.89. The second-order valence-electron chi connectivity index (χ2n) is 5.67. The van der Waals surface area contributed by atoms with Crippen LogP contribution in [0.2, 0.25) is 0 Å². The van der Waals surface area contributed by atoms with Gasteiger partial charge < -0.3 is 34.7 Å². The van der Waals surface area contributed by atoms with E-state index in [0.29, 0.717) is 17.9 Å². The zero-order valence-corrected chi connectivity index (χ0v) is 13.0. The summed E-state index contributed by atoms with van der Waals surface area (Å²) in [6.07, 6.45) is -3.33. The molecule has 5 N–H and O–H groups in total. The second kappa shape index (κ2) is 8.52. The molecule has 1 aliphatic heterocycles. The van der Waals surface area contributed by atoms with Crippen LogP contribution in [-0.4, -0.2) is 68.4 Å². The van der Waals surface area contributed by atoms with Gasteiger partial charge in [0.05, 0.1) is 12.7 Å². The van der Waals surface area contributed by atoms with Crippen molar-refractivity contribution in [2.24, 2.45) is 0 Å². The maximum atomic E-state index is 11.9. The normalized spacial score (nSPS) is 30.8. The Morgan fingerprint density at radius 1 is 1.04 bits per heavy atom. The average molecular weight is 342 g/mol. The highest BCUT2D eigenvalue weighted by Gasteiger charge is 2.43. The molecule has 0 aliphatic carbocycles. The first-order valence-corrected chi connectivity index (χ1v) is 7.64. The molecule has 1 aromatic heterocycles. The molecule has 5 atom stereocenters. The van der Waals surface area contributed by atoms with Crippen LogP contribution >= 0.6 is 0 Å². The van der Waals surface area contributed by atoms with Gasteiger partial charge in [-0.25, -0.2) is 0 Å².